The van der Waals surface area contributed by atoms with Crippen molar-refractivity contribution >= 4 is 23.6 Å². The molecule has 41 heavy (non-hydrogen) atoms. The summed E-state index contributed by atoms with van der Waals surface area (Å²) in [6, 6.07) is 13.0. The predicted octanol–water partition coefficient (Wildman–Crippen LogP) is 7.03. The van der Waals surface area contributed by atoms with E-state index in [9.17, 15) is 14.4 Å². The molecular formula is C33H49N3O5. The fourth-order valence-corrected chi connectivity index (χ4v) is 4.62. The van der Waals surface area contributed by atoms with Crippen LogP contribution in [-0.2, 0) is 14.3 Å². The molecule has 0 aliphatic carbocycles. The lowest BCUT2D eigenvalue weighted by Gasteiger charge is -2.35. The Morgan fingerprint density at radius 3 is 2.22 bits per heavy atom. The molecular weight excluding hydrogens is 518 g/mol. The van der Waals surface area contributed by atoms with Gasteiger partial charge in [0, 0.05) is 12.2 Å². The number of unbranched alkanes of at least 4 members (excludes halogenated alkanes) is 3. The molecule has 8 nitrogen and oxygen atoms in total. The van der Waals surface area contributed by atoms with Gasteiger partial charge in [0.1, 0.15) is 23.4 Å². The number of rotatable bonds is 14. The molecule has 0 radical (unpaired) electrons. The van der Waals surface area contributed by atoms with E-state index in [0.717, 1.165) is 31.2 Å². The minimum absolute atomic E-state index is 0.117. The summed E-state index contributed by atoms with van der Waals surface area (Å²) in [4.78, 5) is 42.8. The Bertz CT molecular complexity index is 1120. The van der Waals surface area contributed by atoms with Crippen LogP contribution >= 0.6 is 0 Å². The SMILES string of the molecule is CCCCCCN(C(=O)C(CC(C)C)NC(=O)OC(C)(C)C)C(C(=O)Nc1ccc(OC)cc1)c1cccc(C)c1. The summed E-state index contributed by atoms with van der Waals surface area (Å²) in [7, 11) is 1.59. The van der Waals surface area contributed by atoms with Crippen molar-refractivity contribution in [2.24, 2.45) is 5.92 Å². The highest BCUT2D eigenvalue weighted by atomic mass is 16.6. The number of aryl methyl sites for hydroxylation is 1. The summed E-state index contributed by atoms with van der Waals surface area (Å²) in [6.07, 6.45) is 3.49. The molecule has 0 spiro atoms. The molecule has 8 heteroatoms. The molecule has 0 fully saturated rings. The molecule has 0 bridgehead atoms. The lowest BCUT2D eigenvalue weighted by molar-refractivity contribution is -0.141. The third kappa shape index (κ3) is 11.5. The Labute approximate surface area is 246 Å². The van der Waals surface area contributed by atoms with E-state index in [4.69, 9.17) is 9.47 Å². The first-order chi connectivity index (χ1) is 19.3. The number of amides is 3. The first-order valence-corrected chi connectivity index (χ1v) is 14.7. The Hall–Kier alpha value is -3.55. The van der Waals surface area contributed by atoms with Gasteiger partial charge in [-0.15, -0.1) is 0 Å². The Balaban J connectivity index is 2.52. The second kappa shape index (κ2) is 16.0. The van der Waals surface area contributed by atoms with Crippen LogP contribution in [0.2, 0.25) is 0 Å². The lowest BCUT2D eigenvalue weighted by Crippen LogP contribution is -2.53. The second-order valence-corrected chi connectivity index (χ2v) is 12.0. The normalized spacial score (nSPS) is 12.8. The quantitative estimate of drug-likeness (QED) is 0.239. The topological polar surface area (TPSA) is 97.0 Å². The van der Waals surface area contributed by atoms with E-state index in [1.807, 2.05) is 45.0 Å². The number of carbonyl (C=O) groups excluding carboxylic acids is 3. The van der Waals surface area contributed by atoms with Gasteiger partial charge in [0.25, 0.3) is 5.91 Å². The van der Waals surface area contributed by atoms with Gasteiger partial charge < -0.3 is 25.0 Å². The van der Waals surface area contributed by atoms with Crippen molar-refractivity contribution in [2.75, 3.05) is 19.0 Å². The van der Waals surface area contributed by atoms with Gasteiger partial charge in [-0.2, -0.15) is 0 Å². The zero-order valence-electron chi connectivity index (χ0n) is 26.1. The van der Waals surface area contributed by atoms with Gasteiger partial charge in [0.05, 0.1) is 7.11 Å². The average Bonchev–Trinajstić information content (AvgIpc) is 2.88. The summed E-state index contributed by atoms with van der Waals surface area (Å²) in [5.74, 6) is 0.157. The first-order valence-electron chi connectivity index (χ1n) is 14.7. The van der Waals surface area contributed by atoms with Crippen LogP contribution in [0, 0.1) is 12.8 Å². The lowest BCUT2D eigenvalue weighted by atomic mass is 9.97. The maximum absolute atomic E-state index is 14.3. The van der Waals surface area contributed by atoms with Crippen molar-refractivity contribution in [1.82, 2.24) is 10.2 Å². The van der Waals surface area contributed by atoms with Gasteiger partial charge in [-0.25, -0.2) is 4.79 Å². The van der Waals surface area contributed by atoms with Crippen molar-refractivity contribution in [1.29, 1.82) is 0 Å². The maximum atomic E-state index is 14.3. The van der Waals surface area contributed by atoms with E-state index >= 15 is 0 Å². The average molecular weight is 568 g/mol. The van der Waals surface area contributed by atoms with Crippen LogP contribution in [0.15, 0.2) is 48.5 Å². The van der Waals surface area contributed by atoms with Gasteiger partial charge in [-0.1, -0.05) is 69.9 Å². The number of hydrogen-bond acceptors (Lipinski definition) is 5. The van der Waals surface area contributed by atoms with Crippen molar-refractivity contribution < 1.29 is 23.9 Å². The molecule has 0 aliphatic rings. The van der Waals surface area contributed by atoms with Gasteiger partial charge in [-0.05, 0) is 76.3 Å². The van der Waals surface area contributed by atoms with Gasteiger partial charge in [0.15, 0.2) is 0 Å². The van der Waals surface area contributed by atoms with Crippen LogP contribution in [0.1, 0.15) is 90.8 Å². The van der Waals surface area contributed by atoms with Gasteiger partial charge >= 0.3 is 6.09 Å². The molecule has 2 rings (SSSR count). The van der Waals surface area contributed by atoms with Crippen LogP contribution in [0.4, 0.5) is 10.5 Å². The van der Waals surface area contributed by atoms with Crippen molar-refractivity contribution in [3.8, 4) is 5.75 Å². The zero-order valence-corrected chi connectivity index (χ0v) is 26.1. The minimum Gasteiger partial charge on any atom is -0.497 e. The molecule has 2 unspecified atom stereocenters. The first kappa shape index (κ1) is 33.7. The van der Waals surface area contributed by atoms with Crippen LogP contribution in [0.3, 0.4) is 0 Å². The number of benzene rings is 2. The summed E-state index contributed by atoms with van der Waals surface area (Å²) in [6.45, 7) is 13.8. The molecule has 0 heterocycles. The fourth-order valence-electron chi connectivity index (χ4n) is 4.62. The van der Waals surface area contributed by atoms with Crippen molar-refractivity contribution in [2.45, 2.75) is 98.3 Å². The summed E-state index contributed by atoms with van der Waals surface area (Å²) < 4.78 is 10.7. The Morgan fingerprint density at radius 1 is 0.976 bits per heavy atom. The minimum atomic E-state index is -0.902. The van der Waals surface area contributed by atoms with E-state index in [1.165, 1.54) is 0 Å². The Kier molecular flexibility index (Phi) is 13.2. The predicted molar refractivity (Wildman–Crippen MR) is 164 cm³/mol. The molecule has 2 aromatic carbocycles. The largest absolute Gasteiger partial charge is 0.497 e. The highest BCUT2D eigenvalue weighted by Crippen LogP contribution is 2.27. The number of alkyl carbamates (subject to hydrolysis) is 1. The van der Waals surface area contributed by atoms with Gasteiger partial charge in [-0.3, -0.25) is 9.59 Å². The molecule has 0 aliphatic heterocycles. The van der Waals surface area contributed by atoms with Crippen molar-refractivity contribution in [3.63, 3.8) is 0 Å². The number of nitrogens with zero attached hydrogens (tertiary/aromatic N) is 1. The number of anilines is 1. The van der Waals surface area contributed by atoms with Crippen LogP contribution in [0.5, 0.6) is 5.75 Å². The smallest absolute Gasteiger partial charge is 0.408 e. The third-order valence-electron chi connectivity index (χ3n) is 6.51. The highest BCUT2D eigenvalue weighted by molar-refractivity contribution is 5.99. The molecule has 0 saturated carbocycles. The monoisotopic (exact) mass is 567 g/mol. The molecule has 2 atom stereocenters. The fraction of sp³-hybridized carbons (Fsp3) is 0.545. The highest BCUT2D eigenvalue weighted by Gasteiger charge is 2.36. The second-order valence-electron chi connectivity index (χ2n) is 12.0. The van der Waals surface area contributed by atoms with E-state index in [-0.39, 0.29) is 17.7 Å². The molecule has 0 saturated heterocycles. The van der Waals surface area contributed by atoms with Crippen LogP contribution in [0.25, 0.3) is 0 Å². The summed E-state index contributed by atoms with van der Waals surface area (Å²) in [5.41, 5.74) is 1.57. The Morgan fingerprint density at radius 2 is 1.66 bits per heavy atom. The summed E-state index contributed by atoms with van der Waals surface area (Å²) in [5, 5.41) is 5.81. The van der Waals surface area contributed by atoms with E-state index < -0.39 is 23.8 Å². The van der Waals surface area contributed by atoms with E-state index in [1.54, 1.807) is 57.0 Å². The molecule has 3 amide bonds. The van der Waals surface area contributed by atoms with Gasteiger partial charge in [0.2, 0.25) is 5.91 Å². The zero-order chi connectivity index (χ0) is 30.6. The molecule has 0 aromatic heterocycles. The standard InChI is InChI=1S/C33H49N3O5/c1-9-10-11-12-20-36(31(38)28(21-23(2)3)35-32(39)41-33(5,6)7)29(25-15-13-14-24(4)22-25)30(37)34-26-16-18-27(40-8)19-17-26/h13-19,22-23,28-29H,9-12,20-21H2,1-8H3,(H,34,37)(H,35,39). The number of carbonyl (C=O) groups is 3. The van der Waals surface area contributed by atoms with Crippen LogP contribution in [-0.4, -0.2) is 48.1 Å². The number of methoxy groups -OCH3 is 1. The number of nitrogens with one attached hydrogen (secondary N) is 2. The van der Waals surface area contributed by atoms with Crippen LogP contribution < -0.4 is 15.4 Å². The van der Waals surface area contributed by atoms with E-state index in [0.29, 0.717) is 30.0 Å². The number of hydrogen-bond donors (Lipinski definition) is 2. The maximum Gasteiger partial charge on any atom is 0.408 e. The summed E-state index contributed by atoms with van der Waals surface area (Å²) >= 11 is 0. The number of ether oxygens (including phenoxy) is 2. The molecule has 2 N–H and O–H groups in total. The van der Waals surface area contributed by atoms with E-state index in [2.05, 4.69) is 17.6 Å². The van der Waals surface area contributed by atoms with Crippen molar-refractivity contribution in [3.05, 3.63) is 59.7 Å². The molecule has 2 aromatic rings. The molecule has 226 valence electrons. The third-order valence-corrected chi connectivity index (χ3v) is 6.51.